The molecule has 1 aromatic carbocycles. The van der Waals surface area contributed by atoms with E-state index in [0.29, 0.717) is 0 Å². The third kappa shape index (κ3) is 4.16. The van der Waals surface area contributed by atoms with Gasteiger partial charge < -0.3 is 5.73 Å². The molecule has 0 heterocycles. The molecule has 0 radical (unpaired) electrons. The smallest absolute Gasteiger partial charge is 0.240 e. The first kappa shape index (κ1) is 13.7. The molecule has 0 atom stereocenters. The fourth-order valence-electron chi connectivity index (χ4n) is 1.38. The molecule has 0 saturated heterocycles. The zero-order valence-corrected chi connectivity index (χ0v) is 10.5. The van der Waals surface area contributed by atoms with Crippen molar-refractivity contribution in [2.24, 2.45) is 5.73 Å². The summed E-state index contributed by atoms with van der Waals surface area (Å²) in [6, 6.07) is 6.72. The van der Waals surface area contributed by atoms with Gasteiger partial charge in [-0.1, -0.05) is 25.5 Å². The number of nitrogens with two attached hydrogens (primary N) is 1. The molecule has 0 aliphatic heterocycles. The van der Waals surface area contributed by atoms with Crippen molar-refractivity contribution < 1.29 is 8.42 Å². The van der Waals surface area contributed by atoms with Gasteiger partial charge in [-0.3, -0.25) is 5.41 Å². The highest BCUT2D eigenvalue weighted by Gasteiger charge is 2.13. The second-order valence-corrected chi connectivity index (χ2v) is 5.51. The number of aryl methyl sites for hydroxylation is 1. The standard InChI is InChI=1S/C11H17N3O2S/c1-2-3-9-4-6-10(7-5-9)17(15,16)14-8-11(12)13/h4-7,14H,2-3,8H2,1H3,(H3,12,13). The summed E-state index contributed by atoms with van der Waals surface area (Å²) in [7, 11) is -3.56. The molecular weight excluding hydrogens is 238 g/mol. The molecule has 0 saturated carbocycles. The molecule has 94 valence electrons. The van der Waals surface area contributed by atoms with E-state index in [9.17, 15) is 8.42 Å². The van der Waals surface area contributed by atoms with Crippen LogP contribution in [-0.2, 0) is 16.4 Å². The Hall–Kier alpha value is -1.40. The molecular formula is C11H17N3O2S. The van der Waals surface area contributed by atoms with Gasteiger partial charge in [0.1, 0.15) is 5.84 Å². The van der Waals surface area contributed by atoms with Crippen LogP contribution in [0.25, 0.3) is 0 Å². The summed E-state index contributed by atoms with van der Waals surface area (Å²) in [5.74, 6) is -0.212. The van der Waals surface area contributed by atoms with Crippen molar-refractivity contribution in [2.45, 2.75) is 24.7 Å². The van der Waals surface area contributed by atoms with Crippen LogP contribution in [0.2, 0.25) is 0 Å². The number of sulfonamides is 1. The average molecular weight is 255 g/mol. The molecule has 0 fully saturated rings. The molecule has 0 bridgehead atoms. The first-order valence-corrected chi connectivity index (χ1v) is 6.85. The van der Waals surface area contributed by atoms with E-state index >= 15 is 0 Å². The second kappa shape index (κ2) is 5.79. The summed E-state index contributed by atoms with van der Waals surface area (Å²) in [4.78, 5) is 0.193. The summed E-state index contributed by atoms with van der Waals surface area (Å²) in [6.45, 7) is 1.90. The molecule has 0 amide bonds. The van der Waals surface area contributed by atoms with Gasteiger partial charge in [0.15, 0.2) is 0 Å². The lowest BCUT2D eigenvalue weighted by Gasteiger charge is -2.06. The van der Waals surface area contributed by atoms with Crippen LogP contribution in [0.5, 0.6) is 0 Å². The van der Waals surface area contributed by atoms with E-state index in [0.717, 1.165) is 18.4 Å². The molecule has 0 aliphatic rings. The predicted molar refractivity (Wildman–Crippen MR) is 67.5 cm³/mol. The Kier molecular flexibility index (Phi) is 4.65. The van der Waals surface area contributed by atoms with Gasteiger partial charge >= 0.3 is 0 Å². The molecule has 6 heteroatoms. The molecule has 0 spiro atoms. The first-order valence-electron chi connectivity index (χ1n) is 5.37. The molecule has 4 N–H and O–H groups in total. The minimum atomic E-state index is -3.56. The second-order valence-electron chi connectivity index (χ2n) is 3.74. The van der Waals surface area contributed by atoms with Crippen molar-refractivity contribution in [1.82, 2.24) is 4.72 Å². The maximum atomic E-state index is 11.7. The van der Waals surface area contributed by atoms with Crippen molar-refractivity contribution in [3.63, 3.8) is 0 Å². The molecule has 17 heavy (non-hydrogen) atoms. The summed E-state index contributed by atoms with van der Waals surface area (Å²) >= 11 is 0. The summed E-state index contributed by atoms with van der Waals surface area (Å²) < 4.78 is 25.7. The van der Waals surface area contributed by atoms with Crippen LogP contribution in [0.3, 0.4) is 0 Å². The molecule has 0 unspecified atom stereocenters. The molecule has 0 aliphatic carbocycles. The van der Waals surface area contributed by atoms with Gasteiger partial charge in [0.2, 0.25) is 10.0 Å². The molecule has 0 aromatic heterocycles. The van der Waals surface area contributed by atoms with Gasteiger partial charge in [0.25, 0.3) is 0 Å². The van der Waals surface area contributed by atoms with Crippen molar-refractivity contribution in [3.05, 3.63) is 29.8 Å². The van der Waals surface area contributed by atoms with E-state index in [-0.39, 0.29) is 17.3 Å². The number of hydrogen-bond donors (Lipinski definition) is 3. The van der Waals surface area contributed by atoms with Crippen LogP contribution >= 0.6 is 0 Å². The van der Waals surface area contributed by atoms with Crippen LogP contribution in [0.1, 0.15) is 18.9 Å². The zero-order valence-electron chi connectivity index (χ0n) is 9.73. The van der Waals surface area contributed by atoms with Crippen molar-refractivity contribution in [1.29, 1.82) is 5.41 Å². The fraction of sp³-hybridized carbons (Fsp3) is 0.364. The topological polar surface area (TPSA) is 96.0 Å². The van der Waals surface area contributed by atoms with Gasteiger partial charge in [-0.05, 0) is 24.1 Å². The Morgan fingerprint density at radius 2 is 1.94 bits per heavy atom. The van der Waals surface area contributed by atoms with E-state index in [1.54, 1.807) is 24.3 Å². The van der Waals surface area contributed by atoms with Crippen LogP contribution in [0.4, 0.5) is 0 Å². The van der Waals surface area contributed by atoms with Gasteiger partial charge in [0.05, 0.1) is 11.4 Å². The highest BCUT2D eigenvalue weighted by Crippen LogP contribution is 2.11. The highest BCUT2D eigenvalue weighted by molar-refractivity contribution is 7.89. The van der Waals surface area contributed by atoms with E-state index in [2.05, 4.69) is 11.6 Å². The van der Waals surface area contributed by atoms with Gasteiger partial charge in [-0.25, -0.2) is 13.1 Å². The van der Waals surface area contributed by atoms with E-state index < -0.39 is 10.0 Å². The minimum Gasteiger partial charge on any atom is -0.387 e. The lowest BCUT2D eigenvalue weighted by molar-refractivity contribution is 0.586. The Morgan fingerprint density at radius 1 is 1.35 bits per heavy atom. The normalized spacial score (nSPS) is 11.4. The SMILES string of the molecule is CCCc1ccc(S(=O)(=O)NCC(=N)N)cc1. The fourth-order valence-corrected chi connectivity index (χ4v) is 2.39. The van der Waals surface area contributed by atoms with E-state index in [1.165, 1.54) is 0 Å². The quantitative estimate of drug-likeness (QED) is 0.519. The Balaban J connectivity index is 2.81. The first-order chi connectivity index (χ1) is 7.95. The van der Waals surface area contributed by atoms with E-state index in [4.69, 9.17) is 11.1 Å². The highest BCUT2D eigenvalue weighted by atomic mass is 32.2. The number of amidine groups is 1. The maximum Gasteiger partial charge on any atom is 0.240 e. The van der Waals surface area contributed by atoms with Gasteiger partial charge in [-0.15, -0.1) is 0 Å². The lowest BCUT2D eigenvalue weighted by atomic mass is 10.1. The van der Waals surface area contributed by atoms with Crippen molar-refractivity contribution in [2.75, 3.05) is 6.54 Å². The number of nitrogens with one attached hydrogen (secondary N) is 2. The molecule has 5 nitrogen and oxygen atoms in total. The zero-order chi connectivity index (χ0) is 12.9. The minimum absolute atomic E-state index is 0.168. The predicted octanol–water partition coefficient (Wildman–Crippen LogP) is 0.853. The number of benzene rings is 1. The summed E-state index contributed by atoms with van der Waals surface area (Å²) in [5, 5.41) is 6.98. The number of hydrogen-bond acceptors (Lipinski definition) is 3. The third-order valence-corrected chi connectivity index (χ3v) is 3.64. The Bertz CT molecular complexity index is 480. The van der Waals surface area contributed by atoms with Crippen molar-refractivity contribution >= 4 is 15.9 Å². The van der Waals surface area contributed by atoms with E-state index in [1.807, 2.05) is 0 Å². The van der Waals surface area contributed by atoms with Crippen LogP contribution < -0.4 is 10.5 Å². The lowest BCUT2D eigenvalue weighted by Crippen LogP contribution is -2.32. The Labute approximate surface area is 102 Å². The third-order valence-electron chi connectivity index (χ3n) is 2.22. The summed E-state index contributed by atoms with van der Waals surface area (Å²) in [5.41, 5.74) is 6.21. The molecule has 1 aromatic rings. The largest absolute Gasteiger partial charge is 0.387 e. The van der Waals surface area contributed by atoms with Crippen LogP contribution in [0.15, 0.2) is 29.2 Å². The van der Waals surface area contributed by atoms with Crippen LogP contribution in [0, 0.1) is 5.41 Å². The van der Waals surface area contributed by atoms with Gasteiger partial charge in [-0.2, -0.15) is 0 Å². The van der Waals surface area contributed by atoms with Gasteiger partial charge in [0, 0.05) is 0 Å². The maximum absolute atomic E-state index is 11.7. The number of rotatable bonds is 6. The summed E-state index contributed by atoms with van der Waals surface area (Å²) in [6.07, 6.45) is 1.95. The van der Waals surface area contributed by atoms with Crippen LogP contribution in [-0.4, -0.2) is 20.8 Å². The van der Waals surface area contributed by atoms with Crippen molar-refractivity contribution in [3.8, 4) is 0 Å². The average Bonchev–Trinajstić information content (AvgIpc) is 2.28. The monoisotopic (exact) mass is 255 g/mol. The molecule has 1 rings (SSSR count). The Morgan fingerprint density at radius 3 is 2.41 bits per heavy atom.